The van der Waals surface area contributed by atoms with E-state index in [9.17, 15) is 0 Å². The van der Waals surface area contributed by atoms with Crippen LogP contribution in [-0.2, 0) is 4.74 Å². The van der Waals surface area contributed by atoms with Crippen LogP contribution in [0.2, 0.25) is 0 Å². The standard InChI is InChI=1S/C13H29NO/c1-4-6-7-8-9-10-11-15-12-13(5-2)14-3/h13-14H,4-12H2,1-3H3. The van der Waals surface area contributed by atoms with E-state index in [1.807, 2.05) is 7.05 Å². The molecule has 0 rings (SSSR count). The van der Waals surface area contributed by atoms with Crippen molar-refractivity contribution in [3.05, 3.63) is 0 Å². The van der Waals surface area contributed by atoms with Crippen molar-refractivity contribution in [1.82, 2.24) is 5.32 Å². The van der Waals surface area contributed by atoms with Crippen LogP contribution in [0.1, 0.15) is 58.8 Å². The molecule has 0 aliphatic carbocycles. The predicted molar refractivity (Wildman–Crippen MR) is 67.3 cm³/mol. The highest BCUT2D eigenvalue weighted by Gasteiger charge is 2.01. The van der Waals surface area contributed by atoms with Gasteiger partial charge in [0.25, 0.3) is 0 Å². The second-order valence-electron chi connectivity index (χ2n) is 4.24. The molecule has 15 heavy (non-hydrogen) atoms. The van der Waals surface area contributed by atoms with Gasteiger partial charge >= 0.3 is 0 Å². The van der Waals surface area contributed by atoms with Gasteiger partial charge in [-0.05, 0) is 19.9 Å². The number of hydrogen-bond acceptors (Lipinski definition) is 2. The molecule has 0 aliphatic heterocycles. The first-order valence-electron chi connectivity index (χ1n) is 6.60. The number of nitrogens with one attached hydrogen (secondary N) is 1. The summed E-state index contributed by atoms with van der Waals surface area (Å²) in [4.78, 5) is 0. The predicted octanol–water partition coefficient (Wildman–Crippen LogP) is 3.36. The van der Waals surface area contributed by atoms with E-state index in [2.05, 4.69) is 19.2 Å². The van der Waals surface area contributed by atoms with Crippen molar-refractivity contribution in [3.8, 4) is 0 Å². The summed E-state index contributed by atoms with van der Waals surface area (Å²) in [6.07, 6.45) is 9.19. The van der Waals surface area contributed by atoms with E-state index < -0.39 is 0 Å². The lowest BCUT2D eigenvalue weighted by Gasteiger charge is -2.13. The van der Waals surface area contributed by atoms with Crippen LogP contribution < -0.4 is 5.32 Å². The molecule has 1 unspecified atom stereocenters. The molecule has 0 saturated heterocycles. The Morgan fingerprint density at radius 2 is 1.67 bits per heavy atom. The smallest absolute Gasteiger partial charge is 0.0619 e. The number of ether oxygens (including phenoxy) is 1. The molecule has 1 atom stereocenters. The van der Waals surface area contributed by atoms with Gasteiger partial charge in [-0.15, -0.1) is 0 Å². The molecule has 0 radical (unpaired) electrons. The van der Waals surface area contributed by atoms with E-state index in [1.54, 1.807) is 0 Å². The van der Waals surface area contributed by atoms with Crippen molar-refractivity contribution in [2.45, 2.75) is 64.8 Å². The number of unbranched alkanes of at least 4 members (excludes halogenated alkanes) is 5. The van der Waals surface area contributed by atoms with Gasteiger partial charge in [0.1, 0.15) is 0 Å². The summed E-state index contributed by atoms with van der Waals surface area (Å²) in [5.74, 6) is 0. The highest BCUT2D eigenvalue weighted by molar-refractivity contribution is 4.59. The Kier molecular flexibility index (Phi) is 11.9. The molecule has 0 bridgehead atoms. The third kappa shape index (κ3) is 10.2. The summed E-state index contributed by atoms with van der Waals surface area (Å²) in [6, 6.07) is 0.532. The lowest BCUT2D eigenvalue weighted by molar-refractivity contribution is 0.108. The molecular formula is C13H29NO. The number of hydrogen-bond donors (Lipinski definition) is 1. The molecular weight excluding hydrogens is 186 g/mol. The monoisotopic (exact) mass is 215 g/mol. The topological polar surface area (TPSA) is 21.3 Å². The Bertz CT molecular complexity index is 113. The highest BCUT2D eigenvalue weighted by Crippen LogP contribution is 2.05. The van der Waals surface area contributed by atoms with Gasteiger partial charge in [0.2, 0.25) is 0 Å². The van der Waals surface area contributed by atoms with Crippen LogP contribution in [0, 0.1) is 0 Å². The maximum Gasteiger partial charge on any atom is 0.0619 e. The minimum Gasteiger partial charge on any atom is -0.380 e. The molecule has 92 valence electrons. The van der Waals surface area contributed by atoms with Gasteiger partial charge in [0, 0.05) is 12.6 Å². The summed E-state index contributed by atoms with van der Waals surface area (Å²) >= 11 is 0. The van der Waals surface area contributed by atoms with Crippen molar-refractivity contribution in [1.29, 1.82) is 0 Å². The fourth-order valence-electron chi connectivity index (χ4n) is 1.62. The van der Waals surface area contributed by atoms with Crippen LogP contribution in [0.25, 0.3) is 0 Å². The van der Waals surface area contributed by atoms with Crippen LogP contribution in [0.3, 0.4) is 0 Å². The third-order valence-electron chi connectivity index (χ3n) is 2.86. The molecule has 0 spiro atoms. The minimum atomic E-state index is 0.532. The van der Waals surface area contributed by atoms with E-state index in [4.69, 9.17) is 4.74 Å². The first-order valence-corrected chi connectivity index (χ1v) is 6.60. The molecule has 2 heteroatoms. The molecule has 0 heterocycles. The molecule has 2 nitrogen and oxygen atoms in total. The highest BCUT2D eigenvalue weighted by atomic mass is 16.5. The summed E-state index contributed by atoms with van der Waals surface area (Å²) < 4.78 is 5.62. The summed E-state index contributed by atoms with van der Waals surface area (Å²) in [5, 5.41) is 3.25. The van der Waals surface area contributed by atoms with Crippen molar-refractivity contribution >= 4 is 0 Å². The fourth-order valence-corrected chi connectivity index (χ4v) is 1.62. The van der Waals surface area contributed by atoms with Gasteiger partial charge < -0.3 is 10.1 Å². The first kappa shape index (κ1) is 14.9. The van der Waals surface area contributed by atoms with E-state index in [0.29, 0.717) is 6.04 Å². The van der Waals surface area contributed by atoms with Gasteiger partial charge in [-0.2, -0.15) is 0 Å². The van der Waals surface area contributed by atoms with E-state index in [0.717, 1.165) is 19.6 Å². The fraction of sp³-hybridized carbons (Fsp3) is 1.00. The lowest BCUT2D eigenvalue weighted by atomic mass is 10.1. The zero-order valence-corrected chi connectivity index (χ0v) is 10.8. The second kappa shape index (κ2) is 12.0. The molecule has 0 aromatic heterocycles. The summed E-state index contributed by atoms with van der Waals surface area (Å²) in [7, 11) is 2.00. The number of rotatable bonds is 11. The maximum atomic E-state index is 5.62. The van der Waals surface area contributed by atoms with Gasteiger partial charge in [-0.25, -0.2) is 0 Å². The molecule has 1 N–H and O–H groups in total. The Morgan fingerprint density at radius 3 is 2.27 bits per heavy atom. The molecule has 0 fully saturated rings. The van der Waals surface area contributed by atoms with E-state index in [1.165, 1.54) is 38.5 Å². The summed E-state index contributed by atoms with van der Waals surface area (Å²) in [6.45, 7) is 6.24. The summed E-state index contributed by atoms with van der Waals surface area (Å²) in [5.41, 5.74) is 0. The third-order valence-corrected chi connectivity index (χ3v) is 2.86. The van der Waals surface area contributed by atoms with Crippen LogP contribution in [0.4, 0.5) is 0 Å². The van der Waals surface area contributed by atoms with Crippen molar-refractivity contribution in [2.24, 2.45) is 0 Å². The second-order valence-corrected chi connectivity index (χ2v) is 4.24. The van der Waals surface area contributed by atoms with Crippen LogP contribution in [0.5, 0.6) is 0 Å². The molecule has 0 saturated carbocycles. The molecule has 0 aromatic rings. The van der Waals surface area contributed by atoms with Crippen LogP contribution >= 0.6 is 0 Å². The van der Waals surface area contributed by atoms with Gasteiger partial charge in [-0.1, -0.05) is 46.0 Å². The largest absolute Gasteiger partial charge is 0.380 e. The Morgan fingerprint density at radius 1 is 1.00 bits per heavy atom. The first-order chi connectivity index (χ1) is 7.35. The van der Waals surface area contributed by atoms with E-state index in [-0.39, 0.29) is 0 Å². The SMILES string of the molecule is CCCCCCCCOCC(CC)NC. The zero-order chi connectivity index (χ0) is 11.4. The Hall–Kier alpha value is -0.0800. The van der Waals surface area contributed by atoms with Gasteiger partial charge in [0.15, 0.2) is 0 Å². The molecule has 0 aliphatic rings. The average molecular weight is 215 g/mol. The van der Waals surface area contributed by atoms with Gasteiger partial charge in [0.05, 0.1) is 6.61 Å². The average Bonchev–Trinajstić information content (AvgIpc) is 2.27. The number of likely N-dealkylation sites (N-methyl/N-ethyl adjacent to an activating group) is 1. The zero-order valence-electron chi connectivity index (χ0n) is 10.8. The van der Waals surface area contributed by atoms with Crippen molar-refractivity contribution in [3.63, 3.8) is 0 Å². The van der Waals surface area contributed by atoms with Crippen molar-refractivity contribution in [2.75, 3.05) is 20.3 Å². The van der Waals surface area contributed by atoms with Crippen LogP contribution in [-0.4, -0.2) is 26.3 Å². The minimum absolute atomic E-state index is 0.532. The lowest BCUT2D eigenvalue weighted by Crippen LogP contribution is -2.29. The normalized spacial score (nSPS) is 13.0. The van der Waals surface area contributed by atoms with E-state index >= 15 is 0 Å². The molecule has 0 aromatic carbocycles. The van der Waals surface area contributed by atoms with Gasteiger partial charge in [-0.3, -0.25) is 0 Å². The van der Waals surface area contributed by atoms with Crippen LogP contribution in [0.15, 0.2) is 0 Å². The van der Waals surface area contributed by atoms with Crippen molar-refractivity contribution < 1.29 is 4.74 Å². The molecule has 0 amide bonds. The Labute approximate surface area is 95.8 Å². The Balaban J connectivity index is 3.04. The maximum absolute atomic E-state index is 5.62. The quantitative estimate of drug-likeness (QED) is 0.534.